The second-order valence-corrected chi connectivity index (χ2v) is 7.48. The van der Waals surface area contributed by atoms with Gasteiger partial charge in [-0.05, 0) is 45.2 Å². The molecule has 1 amide bonds. The van der Waals surface area contributed by atoms with Crippen molar-refractivity contribution in [1.82, 2.24) is 4.90 Å². The van der Waals surface area contributed by atoms with Crippen LogP contribution in [-0.4, -0.2) is 48.6 Å². The summed E-state index contributed by atoms with van der Waals surface area (Å²) in [6.45, 7) is 6.78. The Morgan fingerprint density at radius 1 is 1.31 bits per heavy atom. The van der Waals surface area contributed by atoms with Crippen LogP contribution in [0.2, 0.25) is 0 Å². The van der Waals surface area contributed by atoms with Crippen LogP contribution in [0.1, 0.15) is 27.2 Å². The van der Waals surface area contributed by atoms with Gasteiger partial charge in [-0.25, -0.2) is 4.79 Å². The summed E-state index contributed by atoms with van der Waals surface area (Å²) < 4.78 is 46.7. The van der Waals surface area contributed by atoms with Gasteiger partial charge in [-0.2, -0.15) is 0 Å². The van der Waals surface area contributed by atoms with Gasteiger partial charge in [0, 0.05) is 19.6 Å². The number of nitrogens with one attached hydrogen (secondary N) is 1. The third kappa shape index (κ3) is 8.96. The number of carbonyl (C=O) groups excluding carboxylic acids is 1. The fourth-order valence-electron chi connectivity index (χ4n) is 2.66. The van der Waals surface area contributed by atoms with Gasteiger partial charge in [0.15, 0.2) is 11.7 Å². The summed E-state index contributed by atoms with van der Waals surface area (Å²) >= 11 is 0. The van der Waals surface area contributed by atoms with Gasteiger partial charge in [0.05, 0.1) is 5.69 Å². The van der Waals surface area contributed by atoms with Crippen molar-refractivity contribution in [3.63, 3.8) is 0 Å². The zero-order valence-electron chi connectivity index (χ0n) is 16.5. The number of likely N-dealkylation sites (tertiary alicyclic amines) is 1. The molecule has 164 valence electrons. The minimum absolute atomic E-state index is 0. The zero-order chi connectivity index (χ0) is 20.9. The number of aliphatic imine (C=N–C) groups is 1. The molecule has 0 aliphatic carbocycles. The third-order valence-electron chi connectivity index (χ3n) is 3.83. The number of halogens is 4. The molecule has 1 heterocycles. The summed E-state index contributed by atoms with van der Waals surface area (Å²) in [6.07, 6.45) is -4.44. The van der Waals surface area contributed by atoms with Gasteiger partial charge < -0.3 is 25.4 Å². The Kier molecular flexibility index (Phi) is 8.84. The van der Waals surface area contributed by atoms with Crippen molar-refractivity contribution in [3.8, 4) is 5.75 Å². The van der Waals surface area contributed by atoms with E-state index in [4.69, 9.17) is 10.5 Å². The van der Waals surface area contributed by atoms with E-state index < -0.39 is 17.7 Å². The Balaban J connectivity index is 0.00000420. The van der Waals surface area contributed by atoms with E-state index in [2.05, 4.69) is 15.0 Å². The molecule has 0 bridgehead atoms. The van der Waals surface area contributed by atoms with E-state index in [0.29, 0.717) is 19.6 Å². The highest BCUT2D eigenvalue weighted by Gasteiger charge is 2.32. The van der Waals surface area contributed by atoms with Gasteiger partial charge in [0.2, 0.25) is 0 Å². The van der Waals surface area contributed by atoms with Crippen molar-refractivity contribution in [2.75, 3.05) is 25.0 Å². The molecule has 1 aliphatic rings. The molecule has 1 fully saturated rings. The number of rotatable bonds is 4. The van der Waals surface area contributed by atoms with E-state index in [0.717, 1.165) is 6.42 Å². The van der Waals surface area contributed by atoms with Gasteiger partial charge in [0.25, 0.3) is 0 Å². The molecule has 0 saturated carbocycles. The zero-order valence-corrected chi connectivity index (χ0v) is 18.8. The summed E-state index contributed by atoms with van der Waals surface area (Å²) in [5.41, 5.74) is 5.29. The first-order valence-corrected chi connectivity index (χ1v) is 8.82. The molecule has 2 rings (SSSR count). The van der Waals surface area contributed by atoms with Gasteiger partial charge in [0.1, 0.15) is 5.60 Å². The Labute approximate surface area is 184 Å². The molecule has 0 aromatic heterocycles. The minimum Gasteiger partial charge on any atom is -0.444 e. The molecule has 3 N–H and O–H groups in total. The van der Waals surface area contributed by atoms with Crippen LogP contribution in [0.5, 0.6) is 5.75 Å². The number of amides is 1. The second kappa shape index (κ2) is 10.2. The molecule has 1 aliphatic heterocycles. The predicted molar refractivity (Wildman–Crippen MR) is 115 cm³/mol. The molecule has 7 nitrogen and oxygen atoms in total. The Bertz CT molecular complexity index is 723. The standard InChI is InChI=1S/C18H25F3N4O3.HI/c1-17(2,3)28-16(26)25-9-8-12(11-25)10-23-15(22)24-13-6-4-5-7-14(13)27-18(19,20)21;/h4-7,12H,8-11H2,1-3H3,(H3,22,23,24);1H. The second-order valence-electron chi connectivity index (χ2n) is 7.48. The van der Waals surface area contributed by atoms with Crippen molar-refractivity contribution in [3.05, 3.63) is 24.3 Å². The Morgan fingerprint density at radius 2 is 1.97 bits per heavy atom. The summed E-state index contributed by atoms with van der Waals surface area (Å²) in [5.74, 6) is -0.339. The third-order valence-corrected chi connectivity index (χ3v) is 3.83. The average molecular weight is 530 g/mol. The maximum atomic E-state index is 12.5. The van der Waals surface area contributed by atoms with Gasteiger partial charge in [-0.15, -0.1) is 37.1 Å². The number of para-hydroxylation sites is 2. The van der Waals surface area contributed by atoms with Gasteiger partial charge in [-0.3, -0.25) is 4.99 Å². The first kappa shape index (κ1) is 25.1. The molecule has 0 spiro atoms. The van der Waals surface area contributed by atoms with Crippen molar-refractivity contribution in [2.24, 2.45) is 16.6 Å². The topological polar surface area (TPSA) is 89.2 Å². The van der Waals surface area contributed by atoms with Crippen LogP contribution in [0.4, 0.5) is 23.7 Å². The highest BCUT2D eigenvalue weighted by molar-refractivity contribution is 14.0. The lowest BCUT2D eigenvalue weighted by Gasteiger charge is -2.24. The lowest BCUT2D eigenvalue weighted by Crippen LogP contribution is -2.35. The molecular weight excluding hydrogens is 504 g/mol. The molecule has 1 aromatic carbocycles. The van der Waals surface area contributed by atoms with Crippen LogP contribution in [0.15, 0.2) is 29.3 Å². The first-order chi connectivity index (χ1) is 12.9. The number of nitrogens with two attached hydrogens (primary N) is 1. The minimum atomic E-state index is -4.81. The van der Waals surface area contributed by atoms with Crippen LogP contribution in [-0.2, 0) is 4.74 Å². The number of benzene rings is 1. The largest absolute Gasteiger partial charge is 0.573 e. The van der Waals surface area contributed by atoms with Crippen molar-refractivity contribution in [2.45, 2.75) is 39.2 Å². The van der Waals surface area contributed by atoms with E-state index in [-0.39, 0.29) is 47.6 Å². The lowest BCUT2D eigenvalue weighted by atomic mass is 10.1. The fourth-order valence-corrected chi connectivity index (χ4v) is 2.66. The van der Waals surface area contributed by atoms with E-state index in [1.54, 1.807) is 31.7 Å². The first-order valence-electron chi connectivity index (χ1n) is 8.82. The number of anilines is 1. The Morgan fingerprint density at radius 3 is 2.59 bits per heavy atom. The number of alkyl halides is 3. The number of ether oxygens (including phenoxy) is 2. The van der Waals surface area contributed by atoms with Gasteiger partial charge >= 0.3 is 12.5 Å². The van der Waals surface area contributed by atoms with Crippen molar-refractivity contribution in [1.29, 1.82) is 0 Å². The van der Waals surface area contributed by atoms with Gasteiger partial charge in [-0.1, -0.05) is 12.1 Å². The quantitative estimate of drug-likeness (QED) is 0.347. The van der Waals surface area contributed by atoms with Crippen LogP contribution in [0, 0.1) is 5.92 Å². The molecule has 1 aromatic rings. The summed E-state index contributed by atoms with van der Waals surface area (Å²) in [6, 6.07) is 5.56. The van der Waals surface area contributed by atoms with E-state index in [1.807, 2.05) is 0 Å². The van der Waals surface area contributed by atoms with E-state index in [1.165, 1.54) is 18.2 Å². The smallest absolute Gasteiger partial charge is 0.444 e. The van der Waals surface area contributed by atoms with Crippen molar-refractivity contribution >= 4 is 41.7 Å². The molecule has 29 heavy (non-hydrogen) atoms. The average Bonchev–Trinajstić information content (AvgIpc) is 3.01. The summed E-state index contributed by atoms with van der Waals surface area (Å²) in [7, 11) is 0. The van der Waals surface area contributed by atoms with Crippen LogP contribution < -0.4 is 15.8 Å². The predicted octanol–water partition coefficient (Wildman–Crippen LogP) is 4.19. The molecule has 1 saturated heterocycles. The number of hydrogen-bond donors (Lipinski definition) is 2. The number of guanidine groups is 1. The maximum absolute atomic E-state index is 12.5. The van der Waals surface area contributed by atoms with E-state index in [9.17, 15) is 18.0 Å². The van der Waals surface area contributed by atoms with E-state index >= 15 is 0 Å². The highest BCUT2D eigenvalue weighted by Crippen LogP contribution is 2.29. The summed E-state index contributed by atoms with van der Waals surface area (Å²) in [4.78, 5) is 17.9. The SMILES string of the molecule is CC(C)(C)OC(=O)N1CCC(CN=C(N)Nc2ccccc2OC(F)(F)F)C1.I. The molecule has 1 atom stereocenters. The van der Waals surface area contributed by atoms with Crippen molar-refractivity contribution < 1.29 is 27.4 Å². The number of carbonyl (C=O) groups is 1. The lowest BCUT2D eigenvalue weighted by molar-refractivity contribution is -0.274. The fraction of sp³-hybridized carbons (Fsp3) is 0.556. The van der Waals surface area contributed by atoms with Crippen LogP contribution >= 0.6 is 24.0 Å². The number of nitrogens with zero attached hydrogens (tertiary/aromatic N) is 2. The molecule has 1 unspecified atom stereocenters. The number of hydrogen-bond acceptors (Lipinski definition) is 4. The monoisotopic (exact) mass is 530 g/mol. The Hall–Kier alpha value is -1.92. The van der Waals surface area contributed by atoms with Crippen LogP contribution in [0.3, 0.4) is 0 Å². The highest BCUT2D eigenvalue weighted by atomic mass is 127. The molecule has 11 heteroatoms. The molecular formula is C18H26F3IN4O3. The maximum Gasteiger partial charge on any atom is 0.573 e. The molecule has 0 radical (unpaired) electrons. The summed E-state index contributed by atoms with van der Waals surface area (Å²) in [5, 5.41) is 2.62. The normalized spacial score (nSPS) is 17.5. The van der Waals surface area contributed by atoms with Crippen LogP contribution in [0.25, 0.3) is 0 Å².